The molecule has 0 bridgehead atoms. The van der Waals surface area contributed by atoms with Gasteiger partial charge in [-0.05, 0) is 25.7 Å². The Labute approximate surface area is 115 Å². The molecular formula is C13H24N2O3S. The fraction of sp³-hybridized carbons (Fsp3) is 0.923. The number of carbonyl (C=O) groups is 1. The fourth-order valence-electron chi connectivity index (χ4n) is 3.13. The largest absolute Gasteiger partial charge is 0.355 e. The molecule has 1 saturated carbocycles. The Morgan fingerprint density at radius 1 is 1.21 bits per heavy atom. The molecule has 2 fully saturated rings. The Kier molecular flexibility index (Phi) is 4.50. The van der Waals surface area contributed by atoms with E-state index < -0.39 is 15.1 Å². The Balaban J connectivity index is 1.78. The van der Waals surface area contributed by atoms with Crippen molar-refractivity contribution in [3.8, 4) is 0 Å². The summed E-state index contributed by atoms with van der Waals surface area (Å²) in [5, 5.41) is 2.36. The van der Waals surface area contributed by atoms with Crippen LogP contribution < -0.4 is 11.1 Å². The summed E-state index contributed by atoms with van der Waals surface area (Å²) in [6.45, 7) is 0.247. The predicted molar refractivity (Wildman–Crippen MR) is 74.4 cm³/mol. The Hall–Kier alpha value is -0.620. The van der Waals surface area contributed by atoms with Crippen LogP contribution in [-0.2, 0) is 14.6 Å². The Morgan fingerprint density at radius 3 is 2.47 bits per heavy atom. The van der Waals surface area contributed by atoms with Gasteiger partial charge in [-0.15, -0.1) is 0 Å². The van der Waals surface area contributed by atoms with Crippen LogP contribution in [0.1, 0.15) is 51.4 Å². The van der Waals surface area contributed by atoms with Crippen molar-refractivity contribution in [2.75, 3.05) is 12.3 Å². The van der Waals surface area contributed by atoms with E-state index in [4.69, 9.17) is 5.73 Å². The molecule has 6 heteroatoms. The van der Waals surface area contributed by atoms with Crippen LogP contribution in [0.3, 0.4) is 0 Å². The van der Waals surface area contributed by atoms with Gasteiger partial charge in [0.15, 0.2) is 9.84 Å². The zero-order valence-electron chi connectivity index (χ0n) is 11.4. The van der Waals surface area contributed by atoms with Crippen LogP contribution in [0, 0.1) is 0 Å². The lowest BCUT2D eigenvalue weighted by Gasteiger charge is -2.32. The molecule has 0 aromatic carbocycles. The summed E-state index contributed by atoms with van der Waals surface area (Å²) < 4.78 is 23.3. The summed E-state index contributed by atoms with van der Waals surface area (Å²) in [6, 6.07) is 0. The Morgan fingerprint density at radius 2 is 1.89 bits per heavy atom. The number of nitrogens with two attached hydrogens (primary N) is 1. The van der Waals surface area contributed by atoms with Gasteiger partial charge in [-0.2, -0.15) is 0 Å². The highest BCUT2D eigenvalue weighted by molar-refractivity contribution is 7.92. The molecule has 0 aromatic heterocycles. The highest BCUT2D eigenvalue weighted by Crippen LogP contribution is 2.28. The Bertz CT molecular complexity index is 427. The first-order valence-corrected chi connectivity index (χ1v) is 8.90. The van der Waals surface area contributed by atoms with Gasteiger partial charge in [0, 0.05) is 18.5 Å². The quantitative estimate of drug-likeness (QED) is 0.798. The molecule has 19 heavy (non-hydrogen) atoms. The summed E-state index contributed by atoms with van der Waals surface area (Å²) in [5.74, 6) is 0.153. The van der Waals surface area contributed by atoms with Crippen molar-refractivity contribution in [1.29, 1.82) is 0 Å². The molecule has 0 radical (unpaired) electrons. The molecule has 0 aromatic rings. The van der Waals surface area contributed by atoms with Crippen LogP contribution in [-0.4, -0.2) is 37.4 Å². The zero-order valence-corrected chi connectivity index (χ0v) is 12.2. The highest BCUT2D eigenvalue weighted by atomic mass is 32.2. The SMILES string of the molecule is NC1(CC(=O)NCC2CCCS2(=O)=O)CCCCC1. The lowest BCUT2D eigenvalue weighted by atomic mass is 9.80. The van der Waals surface area contributed by atoms with Gasteiger partial charge in [0.1, 0.15) is 0 Å². The molecule has 1 unspecified atom stereocenters. The molecule has 1 saturated heterocycles. The van der Waals surface area contributed by atoms with Gasteiger partial charge in [0.2, 0.25) is 5.91 Å². The van der Waals surface area contributed by atoms with Crippen molar-refractivity contribution in [3.63, 3.8) is 0 Å². The summed E-state index contributed by atoms with van der Waals surface area (Å²) in [4.78, 5) is 11.9. The third kappa shape index (κ3) is 3.92. The van der Waals surface area contributed by atoms with E-state index in [9.17, 15) is 13.2 Å². The normalized spacial score (nSPS) is 29.0. The monoisotopic (exact) mass is 288 g/mol. The van der Waals surface area contributed by atoms with Gasteiger partial charge >= 0.3 is 0 Å². The second kappa shape index (κ2) is 5.79. The summed E-state index contributed by atoms with van der Waals surface area (Å²) in [7, 11) is -2.98. The summed E-state index contributed by atoms with van der Waals surface area (Å²) in [6.07, 6.45) is 6.84. The number of carbonyl (C=O) groups excluding carboxylic acids is 1. The average Bonchev–Trinajstić information content (AvgIpc) is 2.66. The third-order valence-electron chi connectivity index (χ3n) is 4.35. The van der Waals surface area contributed by atoms with Crippen molar-refractivity contribution in [3.05, 3.63) is 0 Å². The summed E-state index contributed by atoms with van der Waals surface area (Å²) in [5.41, 5.74) is 5.84. The zero-order chi connectivity index (χ0) is 13.9. The van der Waals surface area contributed by atoms with Gasteiger partial charge < -0.3 is 11.1 Å². The molecule has 3 N–H and O–H groups in total. The number of rotatable bonds is 4. The maximum Gasteiger partial charge on any atom is 0.221 e. The van der Waals surface area contributed by atoms with Gasteiger partial charge in [0.05, 0.1) is 11.0 Å². The van der Waals surface area contributed by atoms with Crippen molar-refractivity contribution in [2.24, 2.45) is 5.73 Å². The van der Waals surface area contributed by atoms with E-state index in [1.807, 2.05) is 0 Å². The number of amides is 1. The number of hydrogen-bond acceptors (Lipinski definition) is 4. The topological polar surface area (TPSA) is 89.3 Å². The highest BCUT2D eigenvalue weighted by Gasteiger charge is 2.33. The van der Waals surface area contributed by atoms with Gasteiger partial charge in [-0.1, -0.05) is 19.3 Å². The maximum absolute atomic E-state index is 11.9. The van der Waals surface area contributed by atoms with Gasteiger partial charge in [0.25, 0.3) is 0 Å². The molecule has 110 valence electrons. The second-order valence-electron chi connectivity index (χ2n) is 6.04. The van der Waals surface area contributed by atoms with E-state index in [1.165, 1.54) is 6.42 Å². The minimum Gasteiger partial charge on any atom is -0.355 e. The molecule has 5 nitrogen and oxygen atoms in total. The van der Waals surface area contributed by atoms with E-state index in [0.29, 0.717) is 19.3 Å². The molecule has 2 rings (SSSR count). The van der Waals surface area contributed by atoms with Crippen LogP contribution in [0.4, 0.5) is 0 Å². The van der Waals surface area contributed by atoms with Crippen LogP contribution in [0.2, 0.25) is 0 Å². The minimum atomic E-state index is -2.98. The lowest BCUT2D eigenvalue weighted by Crippen LogP contribution is -2.47. The van der Waals surface area contributed by atoms with E-state index in [0.717, 1.165) is 25.7 Å². The van der Waals surface area contributed by atoms with E-state index >= 15 is 0 Å². The van der Waals surface area contributed by atoms with Gasteiger partial charge in [-0.3, -0.25) is 4.79 Å². The minimum absolute atomic E-state index is 0.105. The fourth-order valence-corrected chi connectivity index (χ4v) is 4.90. The molecule has 1 amide bonds. The lowest BCUT2D eigenvalue weighted by molar-refractivity contribution is -0.122. The molecule has 1 aliphatic carbocycles. The molecule has 0 spiro atoms. The van der Waals surface area contributed by atoms with Crippen LogP contribution in [0.25, 0.3) is 0 Å². The first kappa shape index (κ1) is 14.8. The molecule has 1 atom stereocenters. The molecule has 2 aliphatic rings. The number of sulfone groups is 1. The number of nitrogens with one attached hydrogen (secondary N) is 1. The molecule has 1 aliphatic heterocycles. The van der Waals surface area contributed by atoms with Crippen LogP contribution in [0.15, 0.2) is 0 Å². The molecule has 1 heterocycles. The first-order chi connectivity index (χ1) is 8.91. The standard InChI is InChI=1S/C13H24N2O3S/c14-13(6-2-1-3-7-13)9-12(16)15-10-11-5-4-8-19(11,17)18/h11H,1-10,14H2,(H,15,16). The summed E-state index contributed by atoms with van der Waals surface area (Å²) >= 11 is 0. The maximum atomic E-state index is 11.9. The number of hydrogen-bond donors (Lipinski definition) is 2. The predicted octanol–water partition coefficient (Wildman–Crippen LogP) is 0.731. The second-order valence-corrected chi connectivity index (χ2v) is 8.44. The van der Waals surface area contributed by atoms with Crippen molar-refractivity contribution in [1.82, 2.24) is 5.32 Å². The smallest absolute Gasteiger partial charge is 0.221 e. The van der Waals surface area contributed by atoms with Crippen molar-refractivity contribution < 1.29 is 13.2 Å². The third-order valence-corrected chi connectivity index (χ3v) is 6.63. The van der Waals surface area contributed by atoms with Crippen LogP contribution in [0.5, 0.6) is 0 Å². The van der Waals surface area contributed by atoms with E-state index in [-0.39, 0.29) is 23.7 Å². The molecular weight excluding hydrogens is 264 g/mol. The van der Waals surface area contributed by atoms with E-state index in [2.05, 4.69) is 5.32 Å². The van der Waals surface area contributed by atoms with Gasteiger partial charge in [-0.25, -0.2) is 8.42 Å². The van der Waals surface area contributed by atoms with E-state index in [1.54, 1.807) is 0 Å². The first-order valence-electron chi connectivity index (χ1n) is 7.18. The average molecular weight is 288 g/mol. The van der Waals surface area contributed by atoms with Crippen molar-refractivity contribution >= 4 is 15.7 Å². The van der Waals surface area contributed by atoms with Crippen molar-refractivity contribution in [2.45, 2.75) is 62.2 Å². The van der Waals surface area contributed by atoms with Crippen LogP contribution >= 0.6 is 0 Å².